The number of halogens is 4. The summed E-state index contributed by atoms with van der Waals surface area (Å²) in [5.74, 6) is -0.309. The summed E-state index contributed by atoms with van der Waals surface area (Å²) in [6.07, 6.45) is 4.38. The molecule has 1 aromatic rings. The van der Waals surface area contributed by atoms with Crippen molar-refractivity contribution >= 4 is 34.9 Å². The lowest BCUT2D eigenvalue weighted by Gasteiger charge is -2.32. The van der Waals surface area contributed by atoms with Gasteiger partial charge >= 0.3 is 12.6 Å². The van der Waals surface area contributed by atoms with E-state index in [1.165, 1.54) is 25.0 Å². The molecule has 1 aromatic carbocycles. The van der Waals surface area contributed by atoms with E-state index in [1.807, 2.05) is 0 Å². The van der Waals surface area contributed by atoms with Gasteiger partial charge in [0.05, 0.1) is 10.0 Å². The van der Waals surface area contributed by atoms with Crippen LogP contribution < -0.4 is 15.4 Å². The van der Waals surface area contributed by atoms with E-state index in [1.54, 1.807) is 0 Å². The van der Waals surface area contributed by atoms with Crippen molar-refractivity contribution in [1.29, 1.82) is 0 Å². The van der Waals surface area contributed by atoms with Crippen LogP contribution in [0.5, 0.6) is 5.75 Å². The van der Waals surface area contributed by atoms with Crippen LogP contribution >= 0.6 is 23.2 Å². The van der Waals surface area contributed by atoms with Crippen LogP contribution in [0.2, 0.25) is 10.0 Å². The fraction of sp³-hybridized carbons (Fsp3) is 0.562. The third-order valence-corrected chi connectivity index (χ3v) is 4.95. The normalized spacial score (nSPS) is 19.1. The summed E-state index contributed by atoms with van der Waals surface area (Å²) < 4.78 is 28.9. The van der Waals surface area contributed by atoms with E-state index < -0.39 is 6.61 Å². The Bertz CT molecular complexity index is 613. The Hall–Kier alpha value is -1.31. The highest BCUT2D eigenvalue weighted by atomic mass is 35.5. The lowest BCUT2D eigenvalue weighted by atomic mass is 10.1. The first-order valence-corrected chi connectivity index (χ1v) is 8.93. The molecule has 1 saturated heterocycles. The van der Waals surface area contributed by atoms with Crippen molar-refractivity contribution in [3.8, 4) is 5.75 Å². The summed E-state index contributed by atoms with van der Waals surface area (Å²) in [5, 5.41) is 5.35. The minimum absolute atomic E-state index is 0.0964. The van der Waals surface area contributed by atoms with Crippen molar-refractivity contribution in [1.82, 2.24) is 10.2 Å². The van der Waals surface area contributed by atoms with Crippen molar-refractivity contribution in [2.45, 2.75) is 44.4 Å². The van der Waals surface area contributed by atoms with E-state index in [-0.39, 0.29) is 27.9 Å². The predicted octanol–water partition coefficient (Wildman–Crippen LogP) is 4.34. The predicted molar refractivity (Wildman–Crippen MR) is 92.9 cm³/mol. The number of ether oxygens (including phenoxy) is 1. The number of nitrogens with zero attached hydrogens (tertiary/aromatic N) is 1. The van der Waals surface area contributed by atoms with Crippen LogP contribution in [0.1, 0.15) is 25.7 Å². The molecule has 2 N–H and O–H groups in total. The molecule has 0 unspecified atom stereocenters. The standard InChI is InChI=1S/C16H19Cl2F2N3O2/c17-12-7-10(8-13(18)14(12)25-15(19)20)22-16(24)21-9-3-5-23(6-4-9)11-1-2-11/h7-9,11,15H,1-6H2,(H2,21,22,24). The summed E-state index contributed by atoms with van der Waals surface area (Å²) >= 11 is 11.8. The molecule has 138 valence electrons. The first kappa shape index (κ1) is 18.5. The van der Waals surface area contributed by atoms with Gasteiger partial charge in [-0.3, -0.25) is 0 Å². The van der Waals surface area contributed by atoms with Crippen molar-refractivity contribution in [2.24, 2.45) is 0 Å². The van der Waals surface area contributed by atoms with Gasteiger partial charge in [-0.1, -0.05) is 23.2 Å². The molecule has 25 heavy (non-hydrogen) atoms. The molecule has 1 saturated carbocycles. The van der Waals surface area contributed by atoms with E-state index in [0.717, 1.165) is 32.0 Å². The van der Waals surface area contributed by atoms with Gasteiger partial charge in [0.15, 0.2) is 5.75 Å². The van der Waals surface area contributed by atoms with Gasteiger partial charge in [-0.05, 0) is 37.8 Å². The van der Waals surface area contributed by atoms with Gasteiger partial charge in [0.2, 0.25) is 0 Å². The number of alkyl halides is 2. The smallest absolute Gasteiger partial charge is 0.387 e. The quantitative estimate of drug-likeness (QED) is 0.781. The second-order valence-electron chi connectivity index (χ2n) is 6.29. The molecule has 5 nitrogen and oxygen atoms in total. The molecular formula is C16H19Cl2F2N3O2. The van der Waals surface area contributed by atoms with Crippen LogP contribution in [0.25, 0.3) is 0 Å². The zero-order valence-corrected chi connectivity index (χ0v) is 14.9. The number of benzene rings is 1. The maximum Gasteiger partial charge on any atom is 0.387 e. The van der Waals surface area contributed by atoms with Crippen LogP contribution in [-0.2, 0) is 0 Å². The maximum atomic E-state index is 12.3. The van der Waals surface area contributed by atoms with Gasteiger partial charge in [0.1, 0.15) is 0 Å². The molecule has 0 radical (unpaired) electrons. The van der Waals surface area contributed by atoms with Crippen molar-refractivity contribution in [3.05, 3.63) is 22.2 Å². The zero-order chi connectivity index (χ0) is 18.0. The Labute approximate surface area is 154 Å². The molecule has 3 rings (SSSR count). The maximum absolute atomic E-state index is 12.3. The lowest BCUT2D eigenvalue weighted by Crippen LogP contribution is -2.46. The number of nitrogens with one attached hydrogen (secondary N) is 2. The summed E-state index contributed by atoms with van der Waals surface area (Å²) in [6.45, 7) is -1.04. The number of carbonyl (C=O) groups is 1. The topological polar surface area (TPSA) is 53.6 Å². The number of hydrogen-bond acceptors (Lipinski definition) is 3. The molecule has 2 amide bonds. The Kier molecular flexibility index (Phi) is 5.86. The Morgan fingerprint density at radius 3 is 2.28 bits per heavy atom. The Morgan fingerprint density at radius 1 is 1.16 bits per heavy atom. The van der Waals surface area contributed by atoms with E-state index in [2.05, 4.69) is 20.3 Å². The van der Waals surface area contributed by atoms with Gasteiger partial charge in [-0.25, -0.2) is 4.79 Å². The van der Waals surface area contributed by atoms with Crippen LogP contribution in [-0.4, -0.2) is 42.7 Å². The molecule has 0 aromatic heterocycles. The summed E-state index contributed by atoms with van der Waals surface area (Å²) in [5.41, 5.74) is 0.310. The van der Waals surface area contributed by atoms with E-state index in [4.69, 9.17) is 23.2 Å². The third-order valence-electron chi connectivity index (χ3n) is 4.39. The number of rotatable bonds is 5. The number of urea groups is 1. The van der Waals surface area contributed by atoms with E-state index in [9.17, 15) is 13.6 Å². The summed E-state index contributed by atoms with van der Waals surface area (Å²) in [6, 6.07) is 3.12. The summed E-state index contributed by atoms with van der Waals surface area (Å²) in [4.78, 5) is 14.6. The fourth-order valence-corrected chi connectivity index (χ4v) is 3.61. The Balaban J connectivity index is 1.52. The third kappa shape index (κ3) is 5.09. The minimum atomic E-state index is -3.03. The highest BCUT2D eigenvalue weighted by Gasteiger charge is 2.32. The van der Waals surface area contributed by atoms with Gasteiger partial charge < -0.3 is 20.3 Å². The molecule has 9 heteroatoms. The van der Waals surface area contributed by atoms with Crippen molar-refractivity contribution in [2.75, 3.05) is 18.4 Å². The van der Waals surface area contributed by atoms with E-state index in [0.29, 0.717) is 5.69 Å². The van der Waals surface area contributed by atoms with Gasteiger partial charge in [0, 0.05) is 30.9 Å². The number of likely N-dealkylation sites (tertiary alicyclic amines) is 1. The highest BCUT2D eigenvalue weighted by molar-refractivity contribution is 6.37. The first-order valence-electron chi connectivity index (χ1n) is 8.18. The molecule has 0 bridgehead atoms. The number of hydrogen-bond donors (Lipinski definition) is 2. The number of anilines is 1. The van der Waals surface area contributed by atoms with Gasteiger partial charge in [0.25, 0.3) is 0 Å². The van der Waals surface area contributed by atoms with Gasteiger partial charge in [-0.2, -0.15) is 8.78 Å². The molecule has 0 atom stereocenters. The van der Waals surface area contributed by atoms with E-state index >= 15 is 0 Å². The monoisotopic (exact) mass is 393 g/mol. The lowest BCUT2D eigenvalue weighted by molar-refractivity contribution is -0.0497. The van der Waals surface area contributed by atoms with Crippen LogP contribution in [0, 0.1) is 0 Å². The molecular weight excluding hydrogens is 375 g/mol. The average molecular weight is 394 g/mol. The molecule has 1 aliphatic carbocycles. The van der Waals surface area contributed by atoms with Crippen LogP contribution in [0.4, 0.5) is 19.3 Å². The highest BCUT2D eigenvalue weighted by Crippen LogP contribution is 2.37. The fourth-order valence-electron chi connectivity index (χ4n) is 3.03. The number of piperidine rings is 1. The minimum Gasteiger partial charge on any atom is -0.432 e. The zero-order valence-electron chi connectivity index (χ0n) is 13.4. The molecule has 0 spiro atoms. The number of amides is 2. The molecule has 2 fully saturated rings. The SMILES string of the molecule is O=C(Nc1cc(Cl)c(OC(F)F)c(Cl)c1)NC1CCN(C2CC2)CC1. The molecule has 2 aliphatic rings. The number of carbonyl (C=O) groups excluding carboxylic acids is 1. The van der Waals surface area contributed by atoms with Crippen molar-refractivity contribution in [3.63, 3.8) is 0 Å². The van der Waals surface area contributed by atoms with Crippen molar-refractivity contribution < 1.29 is 18.3 Å². The largest absolute Gasteiger partial charge is 0.432 e. The summed E-state index contributed by atoms with van der Waals surface area (Å²) in [7, 11) is 0. The average Bonchev–Trinajstić information content (AvgIpc) is 3.36. The second kappa shape index (κ2) is 7.93. The molecule has 1 aliphatic heterocycles. The first-order chi connectivity index (χ1) is 11.9. The molecule has 1 heterocycles. The van der Waals surface area contributed by atoms with Gasteiger partial charge in [-0.15, -0.1) is 0 Å². The van der Waals surface area contributed by atoms with Crippen LogP contribution in [0.3, 0.4) is 0 Å². The van der Waals surface area contributed by atoms with Crippen LogP contribution in [0.15, 0.2) is 12.1 Å². The Morgan fingerprint density at radius 2 is 1.76 bits per heavy atom. The second-order valence-corrected chi connectivity index (χ2v) is 7.10.